The van der Waals surface area contributed by atoms with Crippen molar-refractivity contribution in [3.05, 3.63) is 58.0 Å². The summed E-state index contributed by atoms with van der Waals surface area (Å²) in [6.45, 7) is -1.51. The van der Waals surface area contributed by atoms with Crippen LogP contribution in [0.25, 0.3) is 5.82 Å². The zero-order valence-electron chi connectivity index (χ0n) is 18.2. The van der Waals surface area contributed by atoms with Gasteiger partial charge in [-0.3, -0.25) is 4.79 Å². The van der Waals surface area contributed by atoms with E-state index in [-0.39, 0.29) is 33.4 Å². The Morgan fingerprint density at radius 1 is 1.28 bits per heavy atom. The van der Waals surface area contributed by atoms with Crippen LogP contribution >= 0.6 is 15.9 Å². The number of pyridine rings is 2. The molecule has 3 aromatic rings. The van der Waals surface area contributed by atoms with Crippen LogP contribution in [0.2, 0.25) is 0 Å². The lowest BCUT2D eigenvalue weighted by atomic mass is 10.0. The maximum absolute atomic E-state index is 13.4. The van der Waals surface area contributed by atoms with Crippen LogP contribution in [0.15, 0.2) is 35.2 Å². The molecule has 0 aliphatic heterocycles. The van der Waals surface area contributed by atoms with E-state index in [2.05, 4.69) is 46.0 Å². The molecule has 1 unspecified atom stereocenters. The average Bonchev–Trinajstić information content (AvgIpc) is 3.53. The van der Waals surface area contributed by atoms with E-state index >= 15 is 0 Å². The maximum atomic E-state index is 13.4. The largest absolute Gasteiger partial charge is 0.433 e. The molecule has 9 nitrogen and oxygen atoms in total. The second-order valence-corrected chi connectivity index (χ2v) is 8.60. The van der Waals surface area contributed by atoms with Crippen LogP contribution in [0.5, 0.6) is 5.75 Å². The lowest BCUT2D eigenvalue weighted by Gasteiger charge is -2.16. The van der Waals surface area contributed by atoms with Gasteiger partial charge in [-0.05, 0) is 60.0 Å². The number of halogens is 6. The van der Waals surface area contributed by atoms with E-state index in [1.807, 2.05) is 6.07 Å². The minimum Gasteiger partial charge on any atom is -0.433 e. The summed E-state index contributed by atoms with van der Waals surface area (Å²) in [6.07, 6.45) is -3.08. The first-order valence-electron chi connectivity index (χ1n) is 10.3. The zero-order chi connectivity index (χ0) is 26.3. The Bertz CT molecular complexity index is 1330. The summed E-state index contributed by atoms with van der Waals surface area (Å²) >= 11 is 3.11. The number of nitriles is 1. The number of nitrogens with one attached hydrogen (secondary N) is 1. The Labute approximate surface area is 208 Å². The molecule has 36 heavy (non-hydrogen) atoms. The summed E-state index contributed by atoms with van der Waals surface area (Å²) in [5.41, 5.74) is -2.85. The van der Waals surface area contributed by atoms with E-state index in [9.17, 15) is 32.0 Å². The number of carbonyl (C=O) groups excluding carboxylic acids is 1. The van der Waals surface area contributed by atoms with Gasteiger partial charge in [-0.15, -0.1) is 5.10 Å². The van der Waals surface area contributed by atoms with Gasteiger partial charge in [0, 0.05) is 5.56 Å². The molecule has 3 aromatic heterocycles. The molecular weight excluding hydrogens is 557 g/mol. The predicted molar refractivity (Wildman–Crippen MR) is 115 cm³/mol. The lowest BCUT2D eigenvalue weighted by molar-refractivity contribution is -0.141. The van der Waals surface area contributed by atoms with Crippen molar-refractivity contribution in [2.75, 3.05) is 0 Å². The fourth-order valence-corrected chi connectivity index (χ4v) is 3.70. The average molecular weight is 572 g/mol. The van der Waals surface area contributed by atoms with E-state index in [1.54, 1.807) is 0 Å². The molecule has 0 saturated heterocycles. The molecule has 15 heteroatoms. The third-order valence-electron chi connectivity index (χ3n) is 5.34. The first-order chi connectivity index (χ1) is 16.9. The minimum atomic E-state index is -4.82. The molecule has 3 heterocycles. The van der Waals surface area contributed by atoms with E-state index in [0.717, 1.165) is 6.20 Å². The van der Waals surface area contributed by atoms with Crippen LogP contribution in [0, 0.1) is 11.3 Å². The first kappa shape index (κ1) is 25.4. The quantitative estimate of drug-likeness (QED) is 0.415. The van der Waals surface area contributed by atoms with Crippen LogP contribution in [0.1, 0.15) is 53.4 Å². The normalized spacial score (nSPS) is 15.3. The minimum absolute atomic E-state index is 0.112. The van der Waals surface area contributed by atoms with Gasteiger partial charge in [-0.1, -0.05) is 0 Å². The Balaban J connectivity index is 1.61. The van der Waals surface area contributed by atoms with Crippen LogP contribution < -0.4 is 10.1 Å². The molecule has 1 fully saturated rings. The highest BCUT2D eigenvalue weighted by atomic mass is 79.9. The van der Waals surface area contributed by atoms with Crippen molar-refractivity contribution in [3.8, 4) is 17.6 Å². The molecule has 188 valence electrons. The molecule has 4 rings (SSSR count). The van der Waals surface area contributed by atoms with E-state index in [4.69, 9.17) is 0 Å². The zero-order valence-corrected chi connectivity index (χ0v) is 19.8. The Morgan fingerprint density at radius 2 is 2.00 bits per heavy atom. The summed E-state index contributed by atoms with van der Waals surface area (Å²) in [4.78, 5) is 24.7. The number of rotatable bonds is 7. The molecule has 1 aliphatic carbocycles. The number of alkyl halides is 5. The second-order valence-electron chi connectivity index (χ2n) is 7.89. The second kappa shape index (κ2) is 9.41. The molecule has 1 N–H and O–H groups in total. The third-order valence-corrected chi connectivity index (χ3v) is 5.67. The van der Waals surface area contributed by atoms with Gasteiger partial charge in [0.2, 0.25) is 4.73 Å². The van der Waals surface area contributed by atoms with E-state index in [0.29, 0.717) is 18.9 Å². The van der Waals surface area contributed by atoms with E-state index in [1.165, 1.54) is 29.8 Å². The summed E-state index contributed by atoms with van der Waals surface area (Å²) in [7, 11) is 0. The molecular formula is C21H15BrF5N7O2. The highest BCUT2D eigenvalue weighted by Gasteiger charge is 2.48. The Morgan fingerprint density at radius 3 is 2.56 bits per heavy atom. The number of nitrogens with zero attached hydrogens (tertiary/aromatic N) is 6. The topological polar surface area (TPSA) is 119 Å². The molecule has 1 amide bonds. The molecule has 0 radical (unpaired) electrons. The maximum Gasteiger partial charge on any atom is 0.433 e. The van der Waals surface area contributed by atoms with Crippen molar-refractivity contribution < 1.29 is 31.5 Å². The summed E-state index contributed by atoms with van der Waals surface area (Å²) in [5.74, 6) is -0.743. The standard InChI is InChI=1S/C21H15BrF5N7O2/c1-10(16-32-18(22)33-34(16)15-3-2-12(8-29-15)36-19(23)24)30-17(35)11-6-13(20(9-28)4-5-20)31-14(7-11)21(25,26)27/h2-3,6-8,10,19H,4-5H2,1H3,(H,30,35). The highest BCUT2D eigenvalue weighted by Crippen LogP contribution is 2.47. The summed E-state index contributed by atoms with van der Waals surface area (Å²) in [5, 5.41) is 16.0. The lowest BCUT2D eigenvalue weighted by Crippen LogP contribution is -2.29. The number of hydrogen-bond acceptors (Lipinski definition) is 7. The predicted octanol–water partition coefficient (Wildman–Crippen LogP) is 4.49. The van der Waals surface area contributed by atoms with Gasteiger partial charge in [-0.2, -0.15) is 31.9 Å². The van der Waals surface area contributed by atoms with Gasteiger partial charge >= 0.3 is 12.8 Å². The SMILES string of the molecule is CC(NC(=O)c1cc(C(F)(F)F)nc(C2(C#N)CC2)c1)c1nc(Br)nn1-c1ccc(OC(F)F)cn1. The number of hydrogen-bond donors (Lipinski definition) is 1. The van der Waals surface area contributed by atoms with Crippen molar-refractivity contribution in [1.29, 1.82) is 5.26 Å². The van der Waals surface area contributed by atoms with Crippen LogP contribution in [0.4, 0.5) is 22.0 Å². The molecule has 0 spiro atoms. The Hall–Kier alpha value is -3.67. The fraction of sp³-hybridized carbons (Fsp3) is 0.333. The molecule has 0 aromatic carbocycles. The van der Waals surface area contributed by atoms with Crippen molar-refractivity contribution >= 4 is 21.8 Å². The summed E-state index contributed by atoms with van der Waals surface area (Å²) < 4.78 is 70.6. The van der Waals surface area contributed by atoms with Crippen molar-refractivity contribution in [2.45, 2.75) is 44.0 Å². The van der Waals surface area contributed by atoms with Gasteiger partial charge in [-0.25, -0.2) is 15.0 Å². The molecule has 1 saturated carbocycles. The Kier molecular flexibility index (Phi) is 6.65. The van der Waals surface area contributed by atoms with Crippen LogP contribution in [0.3, 0.4) is 0 Å². The molecule has 1 aliphatic rings. The molecule has 0 bridgehead atoms. The fourth-order valence-electron chi connectivity index (χ4n) is 3.36. The van der Waals surface area contributed by atoms with Gasteiger partial charge in [0.25, 0.3) is 5.91 Å². The number of ether oxygens (including phenoxy) is 1. The van der Waals surface area contributed by atoms with Crippen LogP contribution in [-0.4, -0.2) is 37.3 Å². The van der Waals surface area contributed by atoms with Gasteiger partial charge in [0.1, 0.15) is 11.4 Å². The van der Waals surface area contributed by atoms with E-state index < -0.39 is 35.8 Å². The van der Waals surface area contributed by atoms with Gasteiger partial charge in [0.15, 0.2) is 11.6 Å². The van der Waals surface area contributed by atoms with Gasteiger partial charge < -0.3 is 10.1 Å². The van der Waals surface area contributed by atoms with Crippen LogP contribution in [-0.2, 0) is 11.6 Å². The third kappa shape index (κ3) is 5.27. The van der Waals surface area contributed by atoms with Crippen molar-refractivity contribution in [3.63, 3.8) is 0 Å². The van der Waals surface area contributed by atoms with Crippen molar-refractivity contribution in [1.82, 2.24) is 30.0 Å². The number of carbonyl (C=O) groups is 1. The highest BCUT2D eigenvalue weighted by molar-refractivity contribution is 9.10. The molecule has 1 atom stereocenters. The smallest absolute Gasteiger partial charge is 0.433 e. The monoisotopic (exact) mass is 571 g/mol. The number of aromatic nitrogens is 5. The summed E-state index contributed by atoms with van der Waals surface area (Å²) in [6, 6.07) is 5.45. The first-order valence-corrected chi connectivity index (χ1v) is 11.1. The number of amides is 1. The van der Waals surface area contributed by atoms with Crippen molar-refractivity contribution in [2.24, 2.45) is 0 Å². The van der Waals surface area contributed by atoms with Gasteiger partial charge in [0.05, 0.1) is 29.4 Å².